The normalized spacial score (nSPS) is 16.1. The maximum absolute atomic E-state index is 4.06. The van der Waals surface area contributed by atoms with Gasteiger partial charge in [0.2, 0.25) is 0 Å². The van der Waals surface area contributed by atoms with Crippen LogP contribution in [0.5, 0.6) is 0 Å². The van der Waals surface area contributed by atoms with Crippen LogP contribution in [-0.2, 0) is 6.54 Å². The van der Waals surface area contributed by atoms with Crippen LogP contribution in [0.1, 0.15) is 46.5 Å². The summed E-state index contributed by atoms with van der Waals surface area (Å²) in [5.41, 5.74) is 0.270. The first-order valence-corrected chi connectivity index (χ1v) is 5.79. The summed E-state index contributed by atoms with van der Waals surface area (Å²) in [7, 11) is 1.91. The summed E-state index contributed by atoms with van der Waals surface area (Å²) in [4.78, 5) is 0. The quantitative estimate of drug-likeness (QED) is 0.846. The fourth-order valence-electron chi connectivity index (χ4n) is 1.31. The molecule has 0 aromatic carbocycles. The Bertz CT molecular complexity index is 325. The van der Waals surface area contributed by atoms with Gasteiger partial charge in [-0.2, -0.15) is 0 Å². The van der Waals surface area contributed by atoms with E-state index in [1.807, 2.05) is 11.7 Å². The maximum Gasteiger partial charge on any atom is 0.167 e. The standard InChI is InChI=1S/C11H23N5/c1-8(11(3,4)5)7-16-10(9(2)12-6)13-14-15-16/h8-9,12H,7H2,1-6H3. The first kappa shape index (κ1) is 13.1. The van der Waals surface area contributed by atoms with Crippen molar-refractivity contribution in [2.24, 2.45) is 11.3 Å². The van der Waals surface area contributed by atoms with E-state index in [4.69, 9.17) is 0 Å². The first-order chi connectivity index (χ1) is 7.36. The fraction of sp³-hybridized carbons (Fsp3) is 0.909. The van der Waals surface area contributed by atoms with Crippen LogP contribution >= 0.6 is 0 Å². The molecule has 2 atom stereocenters. The highest BCUT2D eigenvalue weighted by atomic mass is 15.5. The van der Waals surface area contributed by atoms with E-state index >= 15 is 0 Å². The average molecular weight is 225 g/mol. The molecule has 0 spiro atoms. The van der Waals surface area contributed by atoms with Gasteiger partial charge in [-0.1, -0.05) is 27.7 Å². The molecule has 1 aromatic rings. The van der Waals surface area contributed by atoms with E-state index in [2.05, 4.69) is 55.5 Å². The zero-order chi connectivity index (χ0) is 12.3. The summed E-state index contributed by atoms with van der Waals surface area (Å²) in [6.45, 7) is 11.9. The molecule has 5 nitrogen and oxygen atoms in total. The van der Waals surface area contributed by atoms with E-state index in [0.717, 1.165) is 12.4 Å². The lowest BCUT2D eigenvalue weighted by Crippen LogP contribution is -2.26. The van der Waals surface area contributed by atoms with Crippen molar-refractivity contribution in [2.75, 3.05) is 7.05 Å². The summed E-state index contributed by atoms with van der Waals surface area (Å²) in [5, 5.41) is 15.0. The molecule has 0 radical (unpaired) electrons. The molecule has 16 heavy (non-hydrogen) atoms. The smallest absolute Gasteiger partial charge is 0.167 e. The molecule has 0 aliphatic rings. The molecule has 5 heteroatoms. The van der Waals surface area contributed by atoms with Gasteiger partial charge in [-0.3, -0.25) is 0 Å². The van der Waals surface area contributed by atoms with Gasteiger partial charge in [-0.25, -0.2) is 4.68 Å². The van der Waals surface area contributed by atoms with Crippen molar-refractivity contribution in [3.8, 4) is 0 Å². The van der Waals surface area contributed by atoms with Crippen LogP contribution in [0.3, 0.4) is 0 Å². The Hall–Kier alpha value is -0.970. The Balaban J connectivity index is 2.78. The van der Waals surface area contributed by atoms with E-state index < -0.39 is 0 Å². The van der Waals surface area contributed by atoms with Crippen LogP contribution in [-0.4, -0.2) is 27.3 Å². The molecule has 0 saturated heterocycles. The number of tetrazole rings is 1. The topological polar surface area (TPSA) is 55.6 Å². The van der Waals surface area contributed by atoms with Crippen molar-refractivity contribution in [3.63, 3.8) is 0 Å². The fourth-order valence-corrected chi connectivity index (χ4v) is 1.31. The van der Waals surface area contributed by atoms with Crippen LogP contribution in [0.15, 0.2) is 0 Å². The largest absolute Gasteiger partial charge is 0.311 e. The Morgan fingerprint density at radius 2 is 1.94 bits per heavy atom. The van der Waals surface area contributed by atoms with Crippen LogP contribution in [0.25, 0.3) is 0 Å². The summed E-state index contributed by atoms with van der Waals surface area (Å²) in [6, 6.07) is 0.183. The lowest BCUT2D eigenvalue weighted by atomic mass is 9.82. The minimum Gasteiger partial charge on any atom is -0.311 e. The third-order valence-corrected chi connectivity index (χ3v) is 3.31. The van der Waals surface area contributed by atoms with Crippen LogP contribution in [0.4, 0.5) is 0 Å². The van der Waals surface area contributed by atoms with Crippen LogP contribution < -0.4 is 5.32 Å². The summed E-state index contributed by atoms with van der Waals surface area (Å²) in [6.07, 6.45) is 0. The van der Waals surface area contributed by atoms with Crippen molar-refractivity contribution in [1.82, 2.24) is 25.5 Å². The molecule has 2 unspecified atom stereocenters. The second-order valence-corrected chi connectivity index (χ2v) is 5.50. The molecule has 1 N–H and O–H groups in total. The van der Waals surface area contributed by atoms with Gasteiger partial charge in [0.1, 0.15) is 0 Å². The lowest BCUT2D eigenvalue weighted by Gasteiger charge is -2.27. The van der Waals surface area contributed by atoms with Crippen molar-refractivity contribution >= 4 is 0 Å². The van der Waals surface area contributed by atoms with Gasteiger partial charge in [0.05, 0.1) is 6.04 Å². The van der Waals surface area contributed by atoms with E-state index in [-0.39, 0.29) is 11.5 Å². The van der Waals surface area contributed by atoms with E-state index in [1.165, 1.54) is 0 Å². The minimum absolute atomic E-state index is 0.183. The Labute approximate surface area is 97.6 Å². The third kappa shape index (κ3) is 3.01. The zero-order valence-corrected chi connectivity index (χ0v) is 11.2. The molecular weight excluding hydrogens is 202 g/mol. The van der Waals surface area contributed by atoms with Gasteiger partial charge < -0.3 is 5.32 Å². The van der Waals surface area contributed by atoms with Gasteiger partial charge in [0, 0.05) is 6.54 Å². The van der Waals surface area contributed by atoms with Gasteiger partial charge in [-0.05, 0) is 35.7 Å². The van der Waals surface area contributed by atoms with Gasteiger partial charge in [0.25, 0.3) is 0 Å². The highest BCUT2D eigenvalue weighted by Gasteiger charge is 2.23. The highest BCUT2D eigenvalue weighted by Crippen LogP contribution is 2.26. The summed E-state index contributed by atoms with van der Waals surface area (Å²) in [5.74, 6) is 1.43. The molecule has 0 bridgehead atoms. The molecule has 1 aromatic heterocycles. The van der Waals surface area contributed by atoms with Gasteiger partial charge in [-0.15, -0.1) is 5.10 Å². The molecular formula is C11H23N5. The number of aromatic nitrogens is 4. The molecule has 0 aliphatic heterocycles. The molecule has 0 saturated carbocycles. The van der Waals surface area contributed by atoms with Gasteiger partial charge in [0.15, 0.2) is 5.82 Å². The maximum atomic E-state index is 4.06. The molecule has 0 aliphatic carbocycles. The second-order valence-electron chi connectivity index (χ2n) is 5.50. The molecule has 1 rings (SSSR count). The number of hydrogen-bond acceptors (Lipinski definition) is 4. The average Bonchev–Trinajstić information content (AvgIpc) is 2.63. The molecule has 92 valence electrons. The SMILES string of the molecule is CNC(C)c1nnnn1CC(C)C(C)(C)C. The Morgan fingerprint density at radius 1 is 1.31 bits per heavy atom. The number of nitrogens with one attached hydrogen (secondary N) is 1. The van der Waals surface area contributed by atoms with Crippen LogP contribution in [0, 0.1) is 11.3 Å². The lowest BCUT2D eigenvalue weighted by molar-refractivity contribution is 0.220. The van der Waals surface area contributed by atoms with Crippen LogP contribution in [0.2, 0.25) is 0 Å². The van der Waals surface area contributed by atoms with Crippen molar-refractivity contribution < 1.29 is 0 Å². The highest BCUT2D eigenvalue weighted by molar-refractivity contribution is 4.89. The predicted molar refractivity (Wildman–Crippen MR) is 63.9 cm³/mol. The van der Waals surface area contributed by atoms with Crippen molar-refractivity contribution in [3.05, 3.63) is 5.82 Å². The Morgan fingerprint density at radius 3 is 2.44 bits per heavy atom. The zero-order valence-electron chi connectivity index (χ0n) is 11.2. The van der Waals surface area contributed by atoms with Crippen molar-refractivity contribution in [2.45, 2.75) is 47.2 Å². The number of hydrogen-bond donors (Lipinski definition) is 1. The van der Waals surface area contributed by atoms with Crippen molar-refractivity contribution in [1.29, 1.82) is 0 Å². The molecule has 1 heterocycles. The number of rotatable bonds is 4. The number of nitrogens with zero attached hydrogens (tertiary/aromatic N) is 4. The Kier molecular flexibility index (Phi) is 4.02. The predicted octanol–water partition coefficient (Wildman–Crippen LogP) is 1.64. The van der Waals surface area contributed by atoms with E-state index in [1.54, 1.807) is 0 Å². The van der Waals surface area contributed by atoms with Gasteiger partial charge >= 0.3 is 0 Å². The van der Waals surface area contributed by atoms with E-state index in [0.29, 0.717) is 5.92 Å². The molecule has 0 fully saturated rings. The summed E-state index contributed by atoms with van der Waals surface area (Å²) >= 11 is 0. The monoisotopic (exact) mass is 225 g/mol. The second kappa shape index (κ2) is 4.91. The minimum atomic E-state index is 0.183. The first-order valence-electron chi connectivity index (χ1n) is 5.79. The summed E-state index contributed by atoms with van der Waals surface area (Å²) < 4.78 is 1.90. The van der Waals surface area contributed by atoms with E-state index in [9.17, 15) is 0 Å². The third-order valence-electron chi connectivity index (χ3n) is 3.31. The molecule has 0 amide bonds.